The summed E-state index contributed by atoms with van der Waals surface area (Å²) in [5.74, 6) is 0.468. The van der Waals surface area contributed by atoms with Crippen molar-refractivity contribution in [2.75, 3.05) is 19.7 Å². The van der Waals surface area contributed by atoms with E-state index >= 15 is 0 Å². The largest absolute Gasteiger partial charge is 0.416 e. The van der Waals surface area contributed by atoms with Crippen molar-refractivity contribution in [2.24, 2.45) is 5.92 Å². The first-order valence-corrected chi connectivity index (χ1v) is 6.73. The van der Waals surface area contributed by atoms with Crippen molar-refractivity contribution < 1.29 is 17.9 Å². The van der Waals surface area contributed by atoms with Crippen molar-refractivity contribution in [3.63, 3.8) is 0 Å². The number of ether oxygens (including phenoxy) is 1. The van der Waals surface area contributed by atoms with E-state index in [9.17, 15) is 13.2 Å². The molecule has 1 saturated heterocycles. The van der Waals surface area contributed by atoms with Crippen LogP contribution < -0.4 is 5.32 Å². The molecule has 19 heavy (non-hydrogen) atoms. The molecule has 1 unspecified atom stereocenters. The second kappa shape index (κ2) is 6.09. The second-order valence-electron chi connectivity index (χ2n) is 5.38. The zero-order chi connectivity index (χ0) is 13.9. The molecule has 0 aromatic carbocycles. The quantitative estimate of drug-likeness (QED) is 0.854. The van der Waals surface area contributed by atoms with Gasteiger partial charge in [-0.1, -0.05) is 11.6 Å². The number of halogens is 3. The number of allylic oxidation sites excluding steroid dienone is 2. The minimum atomic E-state index is -4.28. The van der Waals surface area contributed by atoms with Gasteiger partial charge in [-0.2, -0.15) is 13.2 Å². The Bertz CT molecular complexity index is 367. The number of piperidine rings is 1. The van der Waals surface area contributed by atoms with Gasteiger partial charge in [-0.05, 0) is 51.3 Å². The van der Waals surface area contributed by atoms with Gasteiger partial charge in [0.1, 0.15) is 0 Å². The van der Waals surface area contributed by atoms with E-state index in [0.717, 1.165) is 31.5 Å². The van der Waals surface area contributed by atoms with Crippen LogP contribution in [0.1, 0.15) is 26.2 Å². The molecule has 1 N–H and O–H groups in total. The summed E-state index contributed by atoms with van der Waals surface area (Å²) in [4.78, 5) is 0. The summed E-state index contributed by atoms with van der Waals surface area (Å²) in [6, 6.07) is 0. The lowest BCUT2D eigenvalue weighted by Crippen LogP contribution is -2.31. The van der Waals surface area contributed by atoms with Gasteiger partial charge in [0, 0.05) is 0 Å². The maximum Gasteiger partial charge on any atom is 0.416 e. The molecule has 1 fully saturated rings. The highest BCUT2D eigenvalue weighted by Gasteiger charge is 2.34. The van der Waals surface area contributed by atoms with Crippen LogP contribution in [0.25, 0.3) is 0 Å². The third-order valence-electron chi connectivity index (χ3n) is 3.62. The molecular formula is C14H20F3NO. The lowest BCUT2D eigenvalue weighted by Gasteiger charge is -2.26. The van der Waals surface area contributed by atoms with Crippen LogP contribution >= 0.6 is 0 Å². The Morgan fingerprint density at radius 2 is 2.00 bits per heavy atom. The van der Waals surface area contributed by atoms with Crippen LogP contribution in [0.3, 0.4) is 0 Å². The van der Waals surface area contributed by atoms with Gasteiger partial charge in [0.2, 0.25) is 0 Å². The van der Waals surface area contributed by atoms with E-state index in [1.807, 2.05) is 0 Å². The normalized spacial score (nSPS) is 26.0. The van der Waals surface area contributed by atoms with E-state index in [-0.39, 0.29) is 0 Å². The molecule has 2 rings (SSSR count). The molecule has 1 aliphatic heterocycles. The van der Waals surface area contributed by atoms with Crippen molar-refractivity contribution in [1.82, 2.24) is 5.32 Å². The molecule has 0 aromatic rings. The van der Waals surface area contributed by atoms with E-state index in [0.29, 0.717) is 18.9 Å². The second-order valence-corrected chi connectivity index (χ2v) is 5.38. The minimum Gasteiger partial charge on any atom is -0.374 e. The Labute approximate surface area is 111 Å². The smallest absolute Gasteiger partial charge is 0.374 e. The van der Waals surface area contributed by atoms with E-state index < -0.39 is 17.9 Å². The molecular weight excluding hydrogens is 255 g/mol. The van der Waals surface area contributed by atoms with Crippen LogP contribution in [0.15, 0.2) is 23.3 Å². The monoisotopic (exact) mass is 275 g/mol. The Hall–Kier alpha value is -0.810. The minimum absolute atomic E-state index is 0.434. The summed E-state index contributed by atoms with van der Waals surface area (Å²) in [6.07, 6.45) is 0.354. The lowest BCUT2D eigenvalue weighted by atomic mass is 9.97. The van der Waals surface area contributed by atoms with Gasteiger partial charge in [0.25, 0.3) is 0 Å². The molecule has 5 heteroatoms. The fourth-order valence-electron chi connectivity index (χ4n) is 2.54. The van der Waals surface area contributed by atoms with Crippen molar-refractivity contribution in [3.8, 4) is 0 Å². The maximum absolute atomic E-state index is 12.7. The van der Waals surface area contributed by atoms with Gasteiger partial charge in [0.05, 0.1) is 18.3 Å². The number of nitrogens with one attached hydrogen (secondary N) is 1. The first-order valence-electron chi connectivity index (χ1n) is 6.73. The zero-order valence-electron chi connectivity index (χ0n) is 11.1. The highest BCUT2D eigenvalue weighted by atomic mass is 19.4. The molecule has 0 amide bonds. The SMILES string of the molecule is CC1=CC(C(F)(F)F)=CC(OCC2CCNCC2)C1. The van der Waals surface area contributed by atoms with Crippen LogP contribution in [0, 0.1) is 5.92 Å². The lowest BCUT2D eigenvalue weighted by molar-refractivity contribution is -0.0901. The number of hydrogen-bond acceptors (Lipinski definition) is 2. The Morgan fingerprint density at radius 1 is 1.32 bits per heavy atom. The summed E-state index contributed by atoms with van der Waals surface area (Å²) in [7, 11) is 0. The molecule has 0 bridgehead atoms. The molecule has 0 spiro atoms. The maximum atomic E-state index is 12.7. The number of alkyl halides is 3. The van der Waals surface area contributed by atoms with Gasteiger partial charge in [-0.3, -0.25) is 0 Å². The predicted molar refractivity (Wildman–Crippen MR) is 67.8 cm³/mol. The highest BCUT2D eigenvalue weighted by Crippen LogP contribution is 2.32. The number of rotatable bonds is 3. The van der Waals surface area contributed by atoms with Gasteiger partial charge in [0.15, 0.2) is 0 Å². The van der Waals surface area contributed by atoms with Crippen molar-refractivity contribution in [3.05, 3.63) is 23.3 Å². The molecule has 0 aromatic heterocycles. The van der Waals surface area contributed by atoms with Crippen LogP contribution in [-0.4, -0.2) is 32.0 Å². The van der Waals surface area contributed by atoms with Crippen molar-refractivity contribution in [2.45, 2.75) is 38.5 Å². The fraction of sp³-hybridized carbons (Fsp3) is 0.714. The third kappa shape index (κ3) is 4.35. The van der Waals surface area contributed by atoms with Gasteiger partial charge < -0.3 is 10.1 Å². The zero-order valence-corrected chi connectivity index (χ0v) is 11.1. The van der Waals surface area contributed by atoms with Crippen LogP contribution in [0.5, 0.6) is 0 Å². The Kier molecular flexibility index (Phi) is 4.68. The topological polar surface area (TPSA) is 21.3 Å². The average molecular weight is 275 g/mol. The Balaban J connectivity index is 1.90. The van der Waals surface area contributed by atoms with Gasteiger partial charge >= 0.3 is 6.18 Å². The molecule has 1 atom stereocenters. The predicted octanol–water partition coefficient (Wildman–Crippen LogP) is 3.21. The standard InChI is InChI=1S/C14H20F3NO/c1-10-6-12(14(15,16)17)8-13(7-10)19-9-11-2-4-18-5-3-11/h6,8,11,13,18H,2-5,7,9H2,1H3. The summed E-state index contributed by atoms with van der Waals surface area (Å²) in [5, 5.41) is 3.26. The summed E-state index contributed by atoms with van der Waals surface area (Å²) >= 11 is 0. The summed E-state index contributed by atoms with van der Waals surface area (Å²) in [6.45, 7) is 4.23. The molecule has 2 nitrogen and oxygen atoms in total. The van der Waals surface area contributed by atoms with Gasteiger partial charge in [-0.15, -0.1) is 0 Å². The van der Waals surface area contributed by atoms with Gasteiger partial charge in [-0.25, -0.2) is 0 Å². The first-order chi connectivity index (χ1) is 8.95. The van der Waals surface area contributed by atoms with E-state index in [1.54, 1.807) is 6.92 Å². The fourth-order valence-corrected chi connectivity index (χ4v) is 2.54. The molecule has 0 saturated carbocycles. The molecule has 108 valence electrons. The first kappa shape index (κ1) is 14.6. The van der Waals surface area contributed by atoms with E-state index in [1.165, 1.54) is 12.2 Å². The van der Waals surface area contributed by atoms with Crippen LogP contribution in [0.2, 0.25) is 0 Å². The Morgan fingerprint density at radius 3 is 2.63 bits per heavy atom. The molecule has 0 radical (unpaired) electrons. The number of hydrogen-bond donors (Lipinski definition) is 1. The average Bonchev–Trinajstić information content (AvgIpc) is 2.36. The van der Waals surface area contributed by atoms with Crippen LogP contribution in [0.4, 0.5) is 13.2 Å². The third-order valence-corrected chi connectivity index (χ3v) is 3.62. The van der Waals surface area contributed by atoms with Crippen molar-refractivity contribution >= 4 is 0 Å². The highest BCUT2D eigenvalue weighted by molar-refractivity contribution is 5.32. The van der Waals surface area contributed by atoms with E-state index in [4.69, 9.17) is 4.74 Å². The van der Waals surface area contributed by atoms with E-state index in [2.05, 4.69) is 5.32 Å². The van der Waals surface area contributed by atoms with Crippen molar-refractivity contribution in [1.29, 1.82) is 0 Å². The van der Waals surface area contributed by atoms with Crippen LogP contribution in [-0.2, 0) is 4.74 Å². The summed E-state index contributed by atoms with van der Waals surface area (Å²) < 4.78 is 43.8. The molecule has 1 aliphatic carbocycles. The molecule has 1 heterocycles. The molecule has 2 aliphatic rings. The summed E-state index contributed by atoms with van der Waals surface area (Å²) in [5.41, 5.74) is 0.150.